The van der Waals surface area contributed by atoms with E-state index < -0.39 is 11.2 Å². The van der Waals surface area contributed by atoms with Crippen LogP contribution in [0.25, 0.3) is 0 Å². The maximum absolute atomic E-state index is 11.4. The number of rotatable bonds is 6. The Morgan fingerprint density at radius 3 is 2.75 bits per heavy atom. The van der Waals surface area contributed by atoms with Crippen molar-refractivity contribution in [2.45, 2.75) is 10.8 Å². The third kappa shape index (κ3) is 4.53. The van der Waals surface area contributed by atoms with Gasteiger partial charge in [-0.15, -0.1) is 0 Å². The number of halogens is 1. The molecule has 0 aliphatic rings. The summed E-state index contributed by atoms with van der Waals surface area (Å²) < 4.78 is 1.11. The Kier molecular flexibility index (Phi) is 5.93. The van der Waals surface area contributed by atoms with Gasteiger partial charge in [0.05, 0.1) is 0 Å². The summed E-state index contributed by atoms with van der Waals surface area (Å²) in [7, 11) is 0. The molecule has 1 aromatic carbocycles. The smallest absolute Gasteiger partial charge is 0.271 e. The fourth-order valence-electron chi connectivity index (χ4n) is 1.43. The molecule has 1 aromatic heterocycles. The number of nitrogens with one attached hydrogen (secondary N) is 2. The van der Waals surface area contributed by atoms with Crippen molar-refractivity contribution >= 4 is 39.5 Å². The van der Waals surface area contributed by atoms with Crippen LogP contribution in [0.4, 0.5) is 0 Å². The van der Waals surface area contributed by atoms with Crippen LogP contribution in [0.5, 0.6) is 0 Å². The van der Waals surface area contributed by atoms with Gasteiger partial charge in [-0.3, -0.25) is 9.78 Å². The van der Waals surface area contributed by atoms with Gasteiger partial charge in [0, 0.05) is 21.7 Å². The van der Waals surface area contributed by atoms with E-state index in [1.165, 1.54) is 17.3 Å². The lowest BCUT2D eigenvalue weighted by Crippen LogP contribution is -2.25. The van der Waals surface area contributed by atoms with E-state index in [0.29, 0.717) is 5.03 Å². The van der Waals surface area contributed by atoms with E-state index in [0.717, 1.165) is 21.7 Å². The van der Waals surface area contributed by atoms with Crippen LogP contribution >= 0.6 is 39.5 Å². The first-order valence-corrected chi connectivity index (χ1v) is 8.73. The summed E-state index contributed by atoms with van der Waals surface area (Å²) >= 11 is 6.63. The number of benzene rings is 1. The first kappa shape index (κ1) is 15.4. The molecule has 2 rings (SSSR count). The minimum Gasteiger partial charge on any atom is -0.271 e. The predicted octanol–water partition coefficient (Wildman–Crippen LogP) is 2.25. The average molecular weight is 374 g/mol. The molecule has 1 heterocycles. The van der Waals surface area contributed by atoms with Gasteiger partial charge in [0.1, 0.15) is 0 Å². The molecule has 0 amide bonds. The molecule has 0 radical (unpaired) electrons. The van der Waals surface area contributed by atoms with Crippen LogP contribution in [0.2, 0.25) is 0 Å². The van der Waals surface area contributed by atoms with Crippen LogP contribution in [-0.4, -0.2) is 26.7 Å². The maximum atomic E-state index is 11.4. The molecule has 0 bridgehead atoms. The van der Waals surface area contributed by atoms with Gasteiger partial charge in [-0.1, -0.05) is 45.9 Å². The molecule has 0 saturated heterocycles. The van der Waals surface area contributed by atoms with Crippen molar-refractivity contribution in [1.29, 1.82) is 0 Å². The Hall–Kier alpha value is -0.990. The molecule has 0 aliphatic heterocycles. The van der Waals surface area contributed by atoms with E-state index in [9.17, 15) is 9.59 Å². The van der Waals surface area contributed by atoms with Crippen molar-refractivity contribution in [1.82, 2.24) is 15.2 Å². The van der Waals surface area contributed by atoms with E-state index >= 15 is 0 Å². The lowest BCUT2D eigenvalue weighted by Gasteiger charge is -2.03. The standard InChI is InChI=1S/C12H12BrN3O2S2/c13-9-4-2-1-3-8(9)7-19-5-6-20-11-10(17)14-12(18)16-15-11/h1-4H,5-7H2,(H2,14,16,17,18). The maximum Gasteiger partial charge on any atom is 0.342 e. The van der Waals surface area contributed by atoms with Gasteiger partial charge in [0.15, 0.2) is 5.03 Å². The second-order valence-electron chi connectivity index (χ2n) is 3.80. The fraction of sp³-hybridized carbons (Fsp3) is 0.250. The molecule has 20 heavy (non-hydrogen) atoms. The van der Waals surface area contributed by atoms with Crippen LogP contribution in [0.1, 0.15) is 5.56 Å². The van der Waals surface area contributed by atoms with Gasteiger partial charge in [0.25, 0.3) is 5.56 Å². The van der Waals surface area contributed by atoms with E-state index in [1.807, 2.05) is 18.2 Å². The topological polar surface area (TPSA) is 78.6 Å². The number of nitrogens with zero attached hydrogens (tertiary/aromatic N) is 1. The normalized spacial score (nSPS) is 10.7. The number of hydrogen-bond acceptors (Lipinski definition) is 5. The number of hydrogen-bond donors (Lipinski definition) is 2. The summed E-state index contributed by atoms with van der Waals surface area (Å²) in [6, 6.07) is 8.11. The zero-order chi connectivity index (χ0) is 14.4. The number of H-pyrrole nitrogens is 2. The molecule has 8 heteroatoms. The third-order valence-corrected chi connectivity index (χ3v) is 5.36. The van der Waals surface area contributed by atoms with Crippen molar-refractivity contribution in [2.75, 3.05) is 11.5 Å². The van der Waals surface area contributed by atoms with Gasteiger partial charge in [0.2, 0.25) is 0 Å². The number of aromatic nitrogens is 3. The highest BCUT2D eigenvalue weighted by Gasteiger charge is 2.03. The van der Waals surface area contributed by atoms with Crippen molar-refractivity contribution in [3.05, 3.63) is 55.1 Å². The van der Waals surface area contributed by atoms with Crippen LogP contribution in [-0.2, 0) is 5.75 Å². The predicted molar refractivity (Wildman–Crippen MR) is 86.5 cm³/mol. The third-order valence-electron chi connectivity index (χ3n) is 2.36. The molecule has 5 nitrogen and oxygen atoms in total. The molecule has 0 saturated carbocycles. The Labute approximate surface area is 132 Å². The summed E-state index contributed by atoms with van der Waals surface area (Å²) in [5.74, 6) is 2.57. The number of aromatic amines is 2. The molecule has 2 aromatic rings. The second kappa shape index (κ2) is 7.70. The van der Waals surface area contributed by atoms with E-state index in [2.05, 4.69) is 37.2 Å². The fourth-order valence-corrected chi connectivity index (χ4v) is 3.95. The Morgan fingerprint density at radius 1 is 1.20 bits per heavy atom. The first-order chi connectivity index (χ1) is 9.66. The summed E-state index contributed by atoms with van der Waals surface area (Å²) in [6.45, 7) is 0. The highest BCUT2D eigenvalue weighted by Crippen LogP contribution is 2.22. The molecule has 0 atom stereocenters. The summed E-state index contributed by atoms with van der Waals surface area (Å²) in [4.78, 5) is 24.4. The van der Waals surface area contributed by atoms with Gasteiger partial charge < -0.3 is 0 Å². The highest BCUT2D eigenvalue weighted by atomic mass is 79.9. The quantitative estimate of drug-likeness (QED) is 0.599. The molecular formula is C12H12BrN3O2S2. The largest absolute Gasteiger partial charge is 0.342 e. The highest BCUT2D eigenvalue weighted by molar-refractivity contribution is 9.10. The van der Waals surface area contributed by atoms with E-state index in [1.54, 1.807) is 11.8 Å². The second-order valence-corrected chi connectivity index (χ2v) is 6.85. The van der Waals surface area contributed by atoms with Crippen molar-refractivity contribution in [2.24, 2.45) is 0 Å². The molecule has 0 unspecified atom stereocenters. The molecule has 2 N–H and O–H groups in total. The molecule has 0 spiro atoms. The van der Waals surface area contributed by atoms with Gasteiger partial charge >= 0.3 is 5.69 Å². The minimum atomic E-state index is -0.581. The Bertz CT molecular complexity index is 687. The van der Waals surface area contributed by atoms with Crippen molar-refractivity contribution in [3.63, 3.8) is 0 Å². The van der Waals surface area contributed by atoms with Gasteiger partial charge in [-0.05, 0) is 11.6 Å². The SMILES string of the molecule is O=c1[nH]nc(SCCSCc2ccccc2Br)c(=O)[nH]1. The zero-order valence-electron chi connectivity index (χ0n) is 10.4. The van der Waals surface area contributed by atoms with Crippen LogP contribution in [0.15, 0.2) is 43.4 Å². The summed E-state index contributed by atoms with van der Waals surface area (Å²) in [6.07, 6.45) is 0. The summed E-state index contributed by atoms with van der Waals surface area (Å²) in [5.41, 5.74) is 0.236. The molecular weight excluding hydrogens is 362 g/mol. The van der Waals surface area contributed by atoms with Gasteiger partial charge in [-0.25, -0.2) is 9.89 Å². The minimum absolute atomic E-state index is 0.297. The average Bonchev–Trinajstić information content (AvgIpc) is 2.42. The van der Waals surface area contributed by atoms with E-state index in [-0.39, 0.29) is 0 Å². The first-order valence-electron chi connectivity index (χ1n) is 5.80. The Balaban J connectivity index is 1.76. The summed E-state index contributed by atoms with van der Waals surface area (Å²) in [5, 5.41) is 6.23. The van der Waals surface area contributed by atoms with Crippen LogP contribution in [0.3, 0.4) is 0 Å². The van der Waals surface area contributed by atoms with Crippen molar-refractivity contribution < 1.29 is 0 Å². The molecule has 0 aliphatic carbocycles. The Morgan fingerprint density at radius 2 is 2.00 bits per heavy atom. The zero-order valence-corrected chi connectivity index (χ0v) is 13.6. The lowest BCUT2D eigenvalue weighted by atomic mass is 10.2. The molecule has 106 valence electrons. The molecule has 0 fully saturated rings. The lowest BCUT2D eigenvalue weighted by molar-refractivity contribution is 0.807. The number of thioether (sulfide) groups is 2. The van der Waals surface area contributed by atoms with Gasteiger partial charge in [-0.2, -0.15) is 16.9 Å². The van der Waals surface area contributed by atoms with Crippen LogP contribution < -0.4 is 11.2 Å². The monoisotopic (exact) mass is 373 g/mol. The van der Waals surface area contributed by atoms with E-state index in [4.69, 9.17) is 0 Å². The van der Waals surface area contributed by atoms with Crippen LogP contribution in [0, 0.1) is 0 Å². The van der Waals surface area contributed by atoms with Crippen molar-refractivity contribution in [3.8, 4) is 0 Å².